The molecule has 122 valence electrons. The molecule has 1 saturated heterocycles. The van der Waals surface area contributed by atoms with Crippen molar-refractivity contribution in [2.75, 3.05) is 26.4 Å². The van der Waals surface area contributed by atoms with Gasteiger partial charge in [0.25, 0.3) is 0 Å². The van der Waals surface area contributed by atoms with Gasteiger partial charge in [0.15, 0.2) is 0 Å². The van der Waals surface area contributed by atoms with Crippen molar-refractivity contribution in [3.63, 3.8) is 0 Å². The third kappa shape index (κ3) is 2.76. The zero-order valence-electron chi connectivity index (χ0n) is 12.1. The number of ether oxygens (including phenoxy) is 2. The van der Waals surface area contributed by atoms with Crippen LogP contribution in [0.3, 0.4) is 0 Å². The zero-order valence-corrected chi connectivity index (χ0v) is 12.1. The third-order valence-corrected chi connectivity index (χ3v) is 4.63. The van der Waals surface area contributed by atoms with E-state index in [-0.39, 0.29) is 31.1 Å². The quantitative estimate of drug-likeness (QED) is 0.738. The van der Waals surface area contributed by atoms with Gasteiger partial charge in [-0.3, -0.25) is 4.79 Å². The first-order valence-electron chi connectivity index (χ1n) is 6.94. The summed E-state index contributed by atoms with van der Waals surface area (Å²) in [6.45, 7) is 2.81. The summed E-state index contributed by atoms with van der Waals surface area (Å²) in [5.41, 5.74) is 4.74. The molecule has 0 aromatic carbocycles. The van der Waals surface area contributed by atoms with Crippen LogP contribution in [0.15, 0.2) is 0 Å². The van der Waals surface area contributed by atoms with Gasteiger partial charge in [-0.05, 0) is 6.42 Å². The first kappa shape index (κ1) is 16.5. The summed E-state index contributed by atoms with van der Waals surface area (Å²) >= 11 is 0. The highest BCUT2D eigenvalue weighted by molar-refractivity contribution is 5.89. The van der Waals surface area contributed by atoms with Gasteiger partial charge < -0.3 is 20.5 Å². The van der Waals surface area contributed by atoms with Crippen molar-refractivity contribution in [1.82, 2.24) is 5.32 Å². The van der Waals surface area contributed by atoms with Crippen LogP contribution in [0.2, 0.25) is 0 Å². The van der Waals surface area contributed by atoms with Gasteiger partial charge in [-0.15, -0.1) is 0 Å². The van der Waals surface area contributed by atoms with Crippen LogP contribution in [-0.2, 0) is 14.3 Å². The lowest BCUT2D eigenvalue weighted by molar-refractivity contribution is -0.177. The summed E-state index contributed by atoms with van der Waals surface area (Å²) in [6, 6.07) is 0. The van der Waals surface area contributed by atoms with Gasteiger partial charge in [0.05, 0.1) is 12.7 Å². The van der Waals surface area contributed by atoms with Crippen molar-refractivity contribution < 1.29 is 27.4 Å². The van der Waals surface area contributed by atoms with Gasteiger partial charge in [-0.25, -0.2) is 0 Å². The molecule has 0 aromatic rings. The van der Waals surface area contributed by atoms with Crippen LogP contribution in [0.1, 0.15) is 20.3 Å². The smallest absolute Gasteiger partial charge is 0.377 e. The summed E-state index contributed by atoms with van der Waals surface area (Å²) in [5, 5.41) is 2.57. The Hall–Kier alpha value is -0.860. The number of halogens is 3. The fourth-order valence-corrected chi connectivity index (χ4v) is 3.42. The van der Waals surface area contributed by atoms with E-state index in [1.807, 2.05) is 13.8 Å². The van der Waals surface area contributed by atoms with Crippen molar-refractivity contribution in [3.8, 4) is 0 Å². The molecule has 0 radical (unpaired) electrons. The van der Waals surface area contributed by atoms with Crippen LogP contribution in [0.5, 0.6) is 0 Å². The Morgan fingerprint density at radius 3 is 2.76 bits per heavy atom. The lowest BCUT2D eigenvalue weighted by Gasteiger charge is -2.60. The average Bonchev–Trinajstić information content (AvgIpc) is 2.83. The Morgan fingerprint density at radius 2 is 2.14 bits per heavy atom. The van der Waals surface area contributed by atoms with Crippen LogP contribution in [0.25, 0.3) is 0 Å². The summed E-state index contributed by atoms with van der Waals surface area (Å²) in [6.07, 6.45) is -3.67. The Morgan fingerprint density at radius 1 is 1.48 bits per heavy atom. The second-order valence-electron chi connectivity index (χ2n) is 6.20. The van der Waals surface area contributed by atoms with Crippen LogP contribution < -0.4 is 11.1 Å². The Bertz CT molecular complexity index is 414. The van der Waals surface area contributed by atoms with E-state index in [2.05, 4.69) is 10.1 Å². The number of fused-ring (bicyclic) bond motifs is 1. The van der Waals surface area contributed by atoms with E-state index >= 15 is 0 Å². The highest BCUT2D eigenvalue weighted by Gasteiger charge is 2.71. The predicted octanol–water partition coefficient (Wildman–Crippen LogP) is 0.824. The molecule has 3 N–H and O–H groups in total. The first-order chi connectivity index (χ1) is 9.61. The van der Waals surface area contributed by atoms with Crippen LogP contribution >= 0.6 is 0 Å². The first-order valence-corrected chi connectivity index (χ1v) is 6.94. The molecule has 3 atom stereocenters. The van der Waals surface area contributed by atoms with Gasteiger partial charge in [0, 0.05) is 24.5 Å². The normalized spacial score (nSPS) is 34.2. The molecule has 1 aliphatic carbocycles. The molecule has 1 aliphatic heterocycles. The minimum atomic E-state index is -4.36. The Kier molecular flexibility index (Phi) is 4.25. The molecule has 5 nitrogen and oxygen atoms in total. The standard InChI is InChI=1S/C13H21F3N2O3/c1-11(2)9-8(3-5-21-9)13(11,17)10(19)18-4-6-20-7-12(14,15)16/h8-9H,3-7,17H2,1-2H3,(H,18,19). The van der Waals surface area contributed by atoms with Crippen LogP contribution in [0, 0.1) is 11.3 Å². The van der Waals surface area contributed by atoms with Crippen molar-refractivity contribution in [1.29, 1.82) is 0 Å². The third-order valence-electron chi connectivity index (χ3n) is 4.63. The second kappa shape index (κ2) is 5.40. The molecule has 1 amide bonds. The second-order valence-corrected chi connectivity index (χ2v) is 6.20. The molecule has 0 spiro atoms. The van der Waals surface area contributed by atoms with Gasteiger partial charge in [-0.2, -0.15) is 13.2 Å². The zero-order chi connectivity index (χ0) is 15.9. The van der Waals surface area contributed by atoms with Crippen LogP contribution in [-0.4, -0.2) is 50.1 Å². The average molecular weight is 310 g/mol. The summed E-state index contributed by atoms with van der Waals surface area (Å²) in [5.74, 6) is -0.390. The number of carbonyl (C=O) groups is 1. The Balaban J connectivity index is 1.81. The molecule has 8 heteroatoms. The van der Waals surface area contributed by atoms with Gasteiger partial charge >= 0.3 is 6.18 Å². The number of hydrogen-bond donors (Lipinski definition) is 2. The van der Waals surface area contributed by atoms with Crippen molar-refractivity contribution in [2.24, 2.45) is 17.1 Å². The molecular weight excluding hydrogens is 289 g/mol. The van der Waals surface area contributed by atoms with Gasteiger partial charge in [-0.1, -0.05) is 13.8 Å². The van der Waals surface area contributed by atoms with Crippen LogP contribution in [0.4, 0.5) is 13.2 Å². The molecule has 3 unspecified atom stereocenters. The largest absolute Gasteiger partial charge is 0.411 e. The lowest BCUT2D eigenvalue weighted by atomic mass is 9.48. The number of rotatable bonds is 5. The lowest BCUT2D eigenvalue weighted by Crippen LogP contribution is -2.80. The van der Waals surface area contributed by atoms with E-state index in [0.29, 0.717) is 6.61 Å². The molecule has 21 heavy (non-hydrogen) atoms. The SMILES string of the molecule is CC1(C)C2OCCC2C1(N)C(=O)NCCOCC(F)(F)F. The minimum absolute atomic E-state index is 0.00217. The van der Waals surface area contributed by atoms with E-state index in [0.717, 1.165) is 6.42 Å². The number of carbonyl (C=O) groups excluding carboxylic acids is 1. The number of nitrogens with one attached hydrogen (secondary N) is 1. The fraction of sp³-hybridized carbons (Fsp3) is 0.923. The maximum atomic E-state index is 12.3. The molecule has 0 aromatic heterocycles. The number of alkyl halides is 3. The van der Waals surface area contributed by atoms with E-state index in [9.17, 15) is 18.0 Å². The van der Waals surface area contributed by atoms with Crippen molar-refractivity contribution in [3.05, 3.63) is 0 Å². The molecule has 1 saturated carbocycles. The predicted molar refractivity (Wildman–Crippen MR) is 68.4 cm³/mol. The molecule has 2 aliphatic rings. The highest BCUT2D eigenvalue weighted by Crippen LogP contribution is 2.58. The molecule has 2 fully saturated rings. The summed E-state index contributed by atoms with van der Waals surface area (Å²) in [4.78, 5) is 12.3. The molecule has 2 rings (SSSR count). The maximum absolute atomic E-state index is 12.3. The Labute approximate surface area is 121 Å². The van der Waals surface area contributed by atoms with E-state index in [1.165, 1.54) is 0 Å². The topological polar surface area (TPSA) is 73.6 Å². The number of hydrogen-bond acceptors (Lipinski definition) is 4. The summed E-state index contributed by atoms with van der Waals surface area (Å²) in [7, 11) is 0. The van der Waals surface area contributed by atoms with Gasteiger partial charge in [0.1, 0.15) is 12.1 Å². The van der Waals surface area contributed by atoms with Crippen molar-refractivity contribution in [2.45, 2.75) is 38.1 Å². The molecule has 1 heterocycles. The van der Waals surface area contributed by atoms with E-state index in [4.69, 9.17) is 10.5 Å². The number of nitrogens with two attached hydrogens (primary N) is 1. The maximum Gasteiger partial charge on any atom is 0.411 e. The van der Waals surface area contributed by atoms with Gasteiger partial charge in [0.2, 0.25) is 5.91 Å². The highest BCUT2D eigenvalue weighted by atomic mass is 19.4. The number of amides is 1. The van der Waals surface area contributed by atoms with Crippen molar-refractivity contribution >= 4 is 5.91 Å². The monoisotopic (exact) mass is 310 g/mol. The van der Waals surface area contributed by atoms with E-state index < -0.39 is 23.7 Å². The molecule has 0 bridgehead atoms. The summed E-state index contributed by atoms with van der Waals surface area (Å²) < 4.78 is 45.7. The molecular formula is C13H21F3N2O3. The fourth-order valence-electron chi connectivity index (χ4n) is 3.42. The minimum Gasteiger partial charge on any atom is -0.377 e. The van der Waals surface area contributed by atoms with E-state index in [1.54, 1.807) is 0 Å².